The molecule has 2 rings (SSSR count). The number of hydrogen-bond donors (Lipinski definition) is 2. The van der Waals surface area contributed by atoms with Gasteiger partial charge in [-0.15, -0.1) is 0 Å². The van der Waals surface area contributed by atoms with E-state index in [1.165, 1.54) is 12.8 Å². The van der Waals surface area contributed by atoms with E-state index in [1.807, 2.05) is 19.2 Å². The van der Waals surface area contributed by atoms with Gasteiger partial charge in [0.05, 0.1) is 6.54 Å². The lowest BCUT2D eigenvalue weighted by molar-refractivity contribution is -0.117. The number of carbonyl (C=O) groups is 1. The van der Waals surface area contributed by atoms with E-state index in [0.29, 0.717) is 18.3 Å². The molecule has 1 fully saturated rings. The second-order valence-electron chi connectivity index (χ2n) is 5.65. The number of nitrogens with zero attached hydrogens (tertiary/aromatic N) is 2. The first-order valence-electron chi connectivity index (χ1n) is 7.09. The fourth-order valence-electron chi connectivity index (χ4n) is 2.70. The van der Waals surface area contributed by atoms with Gasteiger partial charge in [-0.3, -0.25) is 9.69 Å². The number of nitrogens with two attached hydrogens (primary N) is 1. The summed E-state index contributed by atoms with van der Waals surface area (Å²) in [5, 5.41) is 2.88. The Bertz CT molecular complexity index is 463. The lowest BCUT2D eigenvalue weighted by atomic mass is 10.2. The van der Waals surface area contributed by atoms with Crippen LogP contribution in [-0.2, 0) is 4.79 Å². The third-order valence-electron chi connectivity index (χ3n) is 3.78. The van der Waals surface area contributed by atoms with Crippen LogP contribution in [-0.4, -0.2) is 55.5 Å². The van der Waals surface area contributed by atoms with Gasteiger partial charge in [0.25, 0.3) is 0 Å². The predicted molar refractivity (Wildman–Crippen MR) is 82.6 cm³/mol. The number of likely N-dealkylation sites (N-methyl/N-ethyl adjacent to an activating group) is 2. The van der Waals surface area contributed by atoms with Crippen molar-refractivity contribution in [3.8, 4) is 0 Å². The van der Waals surface area contributed by atoms with Gasteiger partial charge >= 0.3 is 0 Å². The standard InChI is InChI=1S/C15H24N4O/c1-18(10-14-7-4-8-19(14)2)11-15(20)17-13-6-3-5-12(16)9-13/h3,5-6,9,14H,4,7-8,10-11,16H2,1-2H3,(H,17,20). The molecule has 1 saturated heterocycles. The molecule has 1 aromatic rings. The minimum Gasteiger partial charge on any atom is -0.399 e. The number of hydrogen-bond acceptors (Lipinski definition) is 4. The normalized spacial score (nSPS) is 19.4. The molecule has 1 heterocycles. The van der Waals surface area contributed by atoms with Crippen molar-refractivity contribution in [3.63, 3.8) is 0 Å². The van der Waals surface area contributed by atoms with Gasteiger partial charge in [0.2, 0.25) is 5.91 Å². The molecule has 0 saturated carbocycles. The van der Waals surface area contributed by atoms with Crippen LogP contribution in [0.4, 0.5) is 11.4 Å². The number of carbonyl (C=O) groups excluding carboxylic acids is 1. The number of likely N-dealkylation sites (tertiary alicyclic amines) is 1. The molecule has 1 aliphatic rings. The number of anilines is 2. The molecule has 1 amide bonds. The van der Waals surface area contributed by atoms with E-state index in [9.17, 15) is 4.79 Å². The quantitative estimate of drug-likeness (QED) is 0.794. The summed E-state index contributed by atoms with van der Waals surface area (Å²) in [5.74, 6) is -0.00116. The van der Waals surface area contributed by atoms with E-state index in [1.54, 1.807) is 12.1 Å². The zero-order chi connectivity index (χ0) is 14.5. The molecular formula is C15H24N4O. The van der Waals surface area contributed by atoms with Gasteiger partial charge < -0.3 is 16.0 Å². The number of amides is 1. The van der Waals surface area contributed by atoms with E-state index < -0.39 is 0 Å². The van der Waals surface area contributed by atoms with Crippen molar-refractivity contribution in [2.75, 3.05) is 44.8 Å². The fraction of sp³-hybridized carbons (Fsp3) is 0.533. The van der Waals surface area contributed by atoms with E-state index >= 15 is 0 Å². The Balaban J connectivity index is 1.79. The highest BCUT2D eigenvalue weighted by molar-refractivity contribution is 5.92. The van der Waals surface area contributed by atoms with Crippen LogP contribution in [0.25, 0.3) is 0 Å². The van der Waals surface area contributed by atoms with E-state index in [2.05, 4.69) is 22.2 Å². The molecule has 5 nitrogen and oxygen atoms in total. The van der Waals surface area contributed by atoms with Gasteiger partial charge in [-0.2, -0.15) is 0 Å². The Morgan fingerprint density at radius 2 is 2.35 bits per heavy atom. The molecule has 0 radical (unpaired) electrons. The zero-order valence-electron chi connectivity index (χ0n) is 12.3. The Morgan fingerprint density at radius 1 is 1.55 bits per heavy atom. The molecule has 1 unspecified atom stereocenters. The van der Waals surface area contributed by atoms with Gasteiger partial charge in [-0.25, -0.2) is 0 Å². The monoisotopic (exact) mass is 276 g/mol. The first-order valence-corrected chi connectivity index (χ1v) is 7.09. The lowest BCUT2D eigenvalue weighted by Gasteiger charge is -2.25. The molecular weight excluding hydrogens is 252 g/mol. The van der Waals surface area contributed by atoms with Crippen LogP contribution < -0.4 is 11.1 Å². The predicted octanol–water partition coefficient (Wildman–Crippen LogP) is 1.23. The summed E-state index contributed by atoms with van der Waals surface area (Å²) in [6.07, 6.45) is 2.47. The fourth-order valence-corrected chi connectivity index (χ4v) is 2.70. The maximum absolute atomic E-state index is 12.0. The van der Waals surface area contributed by atoms with E-state index in [-0.39, 0.29) is 5.91 Å². The molecule has 0 bridgehead atoms. The average molecular weight is 276 g/mol. The Labute approximate surface area is 120 Å². The summed E-state index contributed by atoms with van der Waals surface area (Å²) in [7, 11) is 4.14. The Hall–Kier alpha value is -1.59. The average Bonchev–Trinajstić information content (AvgIpc) is 2.74. The van der Waals surface area contributed by atoms with Gasteiger partial charge in [0.1, 0.15) is 0 Å². The van der Waals surface area contributed by atoms with Crippen LogP contribution in [0.15, 0.2) is 24.3 Å². The topological polar surface area (TPSA) is 61.6 Å². The van der Waals surface area contributed by atoms with Crippen molar-refractivity contribution in [1.29, 1.82) is 0 Å². The van der Waals surface area contributed by atoms with E-state index in [0.717, 1.165) is 18.8 Å². The van der Waals surface area contributed by atoms with Gasteiger partial charge in [-0.05, 0) is 51.7 Å². The second kappa shape index (κ2) is 6.72. The van der Waals surface area contributed by atoms with Crippen LogP contribution in [0.2, 0.25) is 0 Å². The largest absolute Gasteiger partial charge is 0.399 e. The van der Waals surface area contributed by atoms with Gasteiger partial charge in [0, 0.05) is 24.0 Å². The van der Waals surface area contributed by atoms with Crippen LogP contribution in [0.1, 0.15) is 12.8 Å². The van der Waals surface area contributed by atoms with E-state index in [4.69, 9.17) is 5.73 Å². The SMILES string of the molecule is CN(CC(=O)Nc1cccc(N)c1)CC1CCCN1C. The molecule has 0 aromatic heterocycles. The number of nitrogens with one attached hydrogen (secondary N) is 1. The van der Waals surface area contributed by atoms with Crippen LogP contribution in [0, 0.1) is 0 Å². The molecule has 0 aliphatic carbocycles. The minimum absolute atomic E-state index is 0.00116. The Morgan fingerprint density at radius 3 is 3.00 bits per heavy atom. The van der Waals surface area contributed by atoms with Crippen LogP contribution >= 0.6 is 0 Å². The highest BCUT2D eigenvalue weighted by Crippen LogP contribution is 2.15. The minimum atomic E-state index is -0.00116. The summed E-state index contributed by atoms with van der Waals surface area (Å²) in [5.41, 5.74) is 7.10. The van der Waals surface area contributed by atoms with Crippen molar-refractivity contribution >= 4 is 17.3 Å². The van der Waals surface area contributed by atoms with Crippen molar-refractivity contribution in [2.45, 2.75) is 18.9 Å². The number of benzene rings is 1. The lowest BCUT2D eigenvalue weighted by Crippen LogP contribution is -2.40. The van der Waals surface area contributed by atoms with Crippen LogP contribution in [0.5, 0.6) is 0 Å². The third-order valence-corrected chi connectivity index (χ3v) is 3.78. The number of rotatable bonds is 5. The summed E-state index contributed by atoms with van der Waals surface area (Å²) in [6, 6.07) is 7.82. The molecule has 110 valence electrons. The van der Waals surface area contributed by atoms with Crippen molar-refractivity contribution in [2.24, 2.45) is 0 Å². The summed E-state index contributed by atoms with van der Waals surface area (Å²) >= 11 is 0. The van der Waals surface area contributed by atoms with Crippen molar-refractivity contribution < 1.29 is 4.79 Å². The highest BCUT2D eigenvalue weighted by atomic mass is 16.2. The molecule has 3 N–H and O–H groups in total. The zero-order valence-corrected chi connectivity index (χ0v) is 12.3. The summed E-state index contributed by atoms with van der Waals surface area (Å²) < 4.78 is 0. The van der Waals surface area contributed by atoms with Gasteiger partial charge in [0.15, 0.2) is 0 Å². The maximum atomic E-state index is 12.0. The molecule has 1 aliphatic heterocycles. The first-order chi connectivity index (χ1) is 9.54. The van der Waals surface area contributed by atoms with Crippen LogP contribution in [0.3, 0.4) is 0 Å². The third kappa shape index (κ3) is 4.21. The van der Waals surface area contributed by atoms with Crippen molar-refractivity contribution in [3.05, 3.63) is 24.3 Å². The molecule has 1 aromatic carbocycles. The second-order valence-corrected chi connectivity index (χ2v) is 5.65. The van der Waals surface area contributed by atoms with Gasteiger partial charge in [-0.1, -0.05) is 6.07 Å². The summed E-state index contributed by atoms with van der Waals surface area (Å²) in [4.78, 5) is 16.4. The van der Waals surface area contributed by atoms with Crippen molar-refractivity contribution in [1.82, 2.24) is 9.80 Å². The molecule has 0 spiro atoms. The molecule has 20 heavy (non-hydrogen) atoms. The molecule has 5 heteroatoms. The maximum Gasteiger partial charge on any atom is 0.238 e. The highest BCUT2D eigenvalue weighted by Gasteiger charge is 2.22. The number of nitrogen functional groups attached to an aromatic ring is 1. The summed E-state index contributed by atoms with van der Waals surface area (Å²) in [6.45, 7) is 2.49. The first kappa shape index (κ1) is 14.8. The smallest absolute Gasteiger partial charge is 0.238 e. The molecule has 1 atom stereocenters. The Kier molecular flexibility index (Phi) is 4.98.